The molecule has 0 aliphatic heterocycles. The molecule has 0 saturated heterocycles. The minimum Gasteiger partial charge on any atom is -0.461 e. The van der Waals surface area contributed by atoms with Gasteiger partial charge in [0, 0.05) is 27.7 Å². The standard InChI is InChI=1S/C19H20N4O3S/c1-2-26-17(24)15-9-12-8-13(6-7-14(12)22-15)21-18(25)23-19-20-10-16(27-19)11-4-3-5-11/h6-11,22H,2-5H2,1H3,(H2,20,21,23,25). The van der Waals surface area contributed by atoms with E-state index in [0.29, 0.717) is 29.0 Å². The first-order valence-electron chi connectivity index (χ1n) is 8.96. The Labute approximate surface area is 160 Å². The number of aromatic amines is 1. The van der Waals surface area contributed by atoms with Crippen LogP contribution in [0.2, 0.25) is 0 Å². The van der Waals surface area contributed by atoms with Crippen LogP contribution in [0, 0.1) is 0 Å². The molecule has 140 valence electrons. The predicted octanol–water partition coefficient (Wildman–Crippen LogP) is 4.71. The molecule has 0 bridgehead atoms. The molecule has 3 N–H and O–H groups in total. The van der Waals surface area contributed by atoms with Crippen LogP contribution in [0.5, 0.6) is 0 Å². The Morgan fingerprint density at radius 1 is 1.30 bits per heavy atom. The lowest BCUT2D eigenvalue weighted by Gasteiger charge is -2.23. The molecule has 1 aromatic carbocycles. The smallest absolute Gasteiger partial charge is 0.354 e. The summed E-state index contributed by atoms with van der Waals surface area (Å²) in [5.41, 5.74) is 1.82. The normalized spacial score (nSPS) is 14.0. The number of thiazole rings is 1. The summed E-state index contributed by atoms with van der Waals surface area (Å²) < 4.78 is 4.99. The summed E-state index contributed by atoms with van der Waals surface area (Å²) in [5.74, 6) is 0.206. The van der Waals surface area contributed by atoms with Gasteiger partial charge in [-0.3, -0.25) is 5.32 Å². The van der Waals surface area contributed by atoms with Crippen molar-refractivity contribution in [1.29, 1.82) is 0 Å². The van der Waals surface area contributed by atoms with Crippen molar-refractivity contribution >= 4 is 45.1 Å². The highest BCUT2D eigenvalue weighted by Crippen LogP contribution is 2.39. The number of nitrogens with zero attached hydrogens (tertiary/aromatic N) is 1. The molecule has 1 fully saturated rings. The van der Waals surface area contributed by atoms with Gasteiger partial charge in [0.15, 0.2) is 5.13 Å². The third-order valence-electron chi connectivity index (χ3n) is 4.63. The SMILES string of the molecule is CCOC(=O)c1cc2cc(NC(=O)Nc3ncc(C4CCC4)s3)ccc2[nH]1. The van der Waals surface area contributed by atoms with Gasteiger partial charge in [-0.15, -0.1) is 11.3 Å². The van der Waals surface area contributed by atoms with Gasteiger partial charge in [-0.25, -0.2) is 14.6 Å². The Hall–Kier alpha value is -2.87. The molecule has 0 radical (unpaired) electrons. The summed E-state index contributed by atoms with van der Waals surface area (Å²) in [5, 5.41) is 6.99. The molecular formula is C19H20N4O3S. The lowest BCUT2D eigenvalue weighted by molar-refractivity contribution is 0.0520. The number of carbonyl (C=O) groups is 2. The van der Waals surface area contributed by atoms with Crippen LogP contribution in [-0.2, 0) is 4.74 Å². The van der Waals surface area contributed by atoms with Crippen LogP contribution >= 0.6 is 11.3 Å². The number of nitrogens with one attached hydrogen (secondary N) is 3. The molecule has 2 amide bonds. The van der Waals surface area contributed by atoms with Crippen molar-refractivity contribution in [1.82, 2.24) is 9.97 Å². The number of rotatable bonds is 5. The molecule has 2 aromatic heterocycles. The molecule has 27 heavy (non-hydrogen) atoms. The molecule has 0 atom stereocenters. The number of hydrogen-bond acceptors (Lipinski definition) is 5. The van der Waals surface area contributed by atoms with E-state index in [2.05, 4.69) is 20.6 Å². The number of amides is 2. The van der Waals surface area contributed by atoms with Crippen molar-refractivity contribution in [2.24, 2.45) is 0 Å². The largest absolute Gasteiger partial charge is 0.461 e. The van der Waals surface area contributed by atoms with Crippen molar-refractivity contribution in [3.05, 3.63) is 41.0 Å². The average Bonchev–Trinajstić information content (AvgIpc) is 3.20. The molecule has 8 heteroatoms. The zero-order valence-corrected chi connectivity index (χ0v) is 15.7. The molecule has 0 spiro atoms. The van der Waals surface area contributed by atoms with Crippen LogP contribution in [-0.4, -0.2) is 28.6 Å². The second kappa shape index (κ2) is 7.40. The maximum atomic E-state index is 12.2. The highest BCUT2D eigenvalue weighted by molar-refractivity contribution is 7.15. The Morgan fingerprint density at radius 2 is 2.15 bits per heavy atom. The van der Waals surface area contributed by atoms with Gasteiger partial charge in [0.2, 0.25) is 0 Å². The molecule has 2 heterocycles. The number of hydrogen-bond donors (Lipinski definition) is 3. The van der Waals surface area contributed by atoms with Gasteiger partial charge >= 0.3 is 12.0 Å². The van der Waals surface area contributed by atoms with Crippen molar-refractivity contribution < 1.29 is 14.3 Å². The summed E-state index contributed by atoms with van der Waals surface area (Å²) in [4.78, 5) is 32.6. The first-order valence-corrected chi connectivity index (χ1v) is 9.77. The zero-order valence-electron chi connectivity index (χ0n) is 14.9. The molecular weight excluding hydrogens is 364 g/mol. The highest BCUT2D eigenvalue weighted by Gasteiger charge is 2.22. The first kappa shape index (κ1) is 17.5. The van der Waals surface area contributed by atoms with Crippen LogP contribution in [0.1, 0.15) is 47.5 Å². The summed E-state index contributed by atoms with van der Waals surface area (Å²) in [6.07, 6.45) is 5.54. The summed E-state index contributed by atoms with van der Waals surface area (Å²) in [6.45, 7) is 2.08. The number of urea groups is 1. The third kappa shape index (κ3) is 3.80. The van der Waals surface area contributed by atoms with Crippen LogP contribution in [0.4, 0.5) is 15.6 Å². The number of esters is 1. The van der Waals surface area contributed by atoms with E-state index in [4.69, 9.17) is 4.74 Å². The number of fused-ring (bicyclic) bond motifs is 1. The predicted molar refractivity (Wildman–Crippen MR) is 106 cm³/mol. The molecule has 4 rings (SSSR count). The molecule has 1 aliphatic rings. The van der Waals surface area contributed by atoms with E-state index < -0.39 is 5.97 Å². The van der Waals surface area contributed by atoms with Crippen molar-refractivity contribution in [2.45, 2.75) is 32.1 Å². The van der Waals surface area contributed by atoms with Gasteiger partial charge in [-0.2, -0.15) is 0 Å². The second-order valence-electron chi connectivity index (χ2n) is 6.48. The quantitative estimate of drug-likeness (QED) is 0.555. The summed E-state index contributed by atoms with van der Waals surface area (Å²) >= 11 is 1.53. The van der Waals surface area contributed by atoms with Gasteiger partial charge in [-0.1, -0.05) is 6.42 Å². The Morgan fingerprint density at radius 3 is 2.89 bits per heavy atom. The molecule has 1 saturated carbocycles. The van der Waals surface area contributed by atoms with E-state index in [9.17, 15) is 9.59 Å². The summed E-state index contributed by atoms with van der Waals surface area (Å²) in [7, 11) is 0. The van der Waals surface area contributed by atoms with Crippen LogP contribution in [0.25, 0.3) is 10.9 Å². The number of benzene rings is 1. The fourth-order valence-electron chi connectivity index (χ4n) is 3.01. The number of H-pyrrole nitrogens is 1. The van der Waals surface area contributed by atoms with Gasteiger partial charge in [0.25, 0.3) is 0 Å². The topological polar surface area (TPSA) is 96.1 Å². The van der Waals surface area contributed by atoms with Crippen LogP contribution in [0.3, 0.4) is 0 Å². The molecule has 7 nitrogen and oxygen atoms in total. The fraction of sp³-hybridized carbons (Fsp3) is 0.316. The van der Waals surface area contributed by atoms with Gasteiger partial charge in [0.05, 0.1) is 6.61 Å². The highest BCUT2D eigenvalue weighted by atomic mass is 32.1. The Bertz CT molecular complexity index is 990. The second-order valence-corrected chi connectivity index (χ2v) is 7.54. The van der Waals surface area contributed by atoms with E-state index in [1.54, 1.807) is 25.1 Å². The number of anilines is 2. The van der Waals surface area contributed by atoms with Gasteiger partial charge in [-0.05, 0) is 49.9 Å². The number of carbonyl (C=O) groups excluding carboxylic acids is 2. The van der Waals surface area contributed by atoms with Crippen molar-refractivity contribution in [3.8, 4) is 0 Å². The third-order valence-corrected chi connectivity index (χ3v) is 5.70. The van der Waals surface area contributed by atoms with Gasteiger partial charge < -0.3 is 15.0 Å². The van der Waals surface area contributed by atoms with E-state index in [0.717, 1.165) is 10.9 Å². The number of aromatic nitrogens is 2. The molecule has 3 aromatic rings. The minimum atomic E-state index is -0.396. The Kier molecular flexibility index (Phi) is 4.81. The maximum Gasteiger partial charge on any atom is 0.354 e. The summed E-state index contributed by atoms with van der Waals surface area (Å²) in [6, 6.07) is 6.75. The van der Waals surface area contributed by atoms with E-state index in [1.807, 2.05) is 12.3 Å². The average molecular weight is 384 g/mol. The van der Waals surface area contributed by atoms with Crippen molar-refractivity contribution in [3.63, 3.8) is 0 Å². The lowest BCUT2D eigenvalue weighted by atomic mass is 9.85. The first-order chi connectivity index (χ1) is 13.1. The van der Waals surface area contributed by atoms with Crippen LogP contribution < -0.4 is 10.6 Å². The molecule has 1 aliphatic carbocycles. The fourth-order valence-corrected chi connectivity index (χ4v) is 3.99. The zero-order chi connectivity index (χ0) is 18.8. The van der Waals surface area contributed by atoms with E-state index in [1.165, 1.54) is 35.5 Å². The molecule has 0 unspecified atom stereocenters. The Balaban J connectivity index is 1.42. The van der Waals surface area contributed by atoms with Gasteiger partial charge in [0.1, 0.15) is 5.69 Å². The van der Waals surface area contributed by atoms with Crippen molar-refractivity contribution in [2.75, 3.05) is 17.2 Å². The van der Waals surface area contributed by atoms with Crippen LogP contribution in [0.15, 0.2) is 30.5 Å². The number of ether oxygens (including phenoxy) is 1. The minimum absolute atomic E-state index is 0.320. The monoisotopic (exact) mass is 384 g/mol. The van der Waals surface area contributed by atoms with E-state index in [-0.39, 0.29) is 6.03 Å². The maximum absolute atomic E-state index is 12.2. The van der Waals surface area contributed by atoms with E-state index >= 15 is 0 Å². The lowest BCUT2D eigenvalue weighted by Crippen LogP contribution is -2.19.